The van der Waals surface area contributed by atoms with Gasteiger partial charge in [-0.05, 0) is 84.9 Å². The van der Waals surface area contributed by atoms with Crippen molar-refractivity contribution in [3.63, 3.8) is 0 Å². The molecule has 0 saturated carbocycles. The number of ether oxygens (including phenoxy) is 4. The topological polar surface area (TPSA) is 131 Å². The summed E-state index contributed by atoms with van der Waals surface area (Å²) in [6.45, 7) is 16.2. The third-order valence-corrected chi connectivity index (χ3v) is 7.31. The van der Waals surface area contributed by atoms with E-state index in [4.69, 9.17) is 24.7 Å². The molecule has 9 heteroatoms. The second kappa shape index (κ2) is 15.7. The Labute approximate surface area is 239 Å². The highest BCUT2D eigenvalue weighted by Gasteiger charge is 2.32. The molecule has 2 N–H and O–H groups in total. The molecule has 1 unspecified atom stereocenters. The van der Waals surface area contributed by atoms with Crippen LogP contribution in [0.15, 0.2) is 18.2 Å². The van der Waals surface area contributed by atoms with Gasteiger partial charge in [-0.25, -0.2) is 0 Å². The van der Waals surface area contributed by atoms with E-state index in [1.807, 2.05) is 13.8 Å². The number of benzene rings is 1. The fourth-order valence-electron chi connectivity index (χ4n) is 3.19. The summed E-state index contributed by atoms with van der Waals surface area (Å²) in [5.41, 5.74) is 5.24. The number of carbonyl (C=O) groups excluding carboxylic acids is 4. The first kappa shape index (κ1) is 35.1. The SMILES string of the molecule is CCCCCC(=O)OC(C)[C@H](C)OC(=O)[C@@H](N)Cc1ccc(OC(=O)C(C)(C)CC)c(OC(=O)C(C)(C)CC)c1. The van der Waals surface area contributed by atoms with Crippen molar-refractivity contribution < 1.29 is 38.1 Å². The van der Waals surface area contributed by atoms with Crippen LogP contribution in [0.25, 0.3) is 0 Å². The van der Waals surface area contributed by atoms with Crippen LogP contribution in [0.4, 0.5) is 0 Å². The molecule has 1 aromatic rings. The summed E-state index contributed by atoms with van der Waals surface area (Å²) < 4.78 is 22.1. The van der Waals surface area contributed by atoms with E-state index in [1.165, 1.54) is 6.07 Å². The van der Waals surface area contributed by atoms with E-state index in [9.17, 15) is 19.2 Å². The minimum Gasteiger partial charge on any atom is -0.459 e. The normalized spacial score (nSPS) is 14.1. The van der Waals surface area contributed by atoms with E-state index in [-0.39, 0.29) is 23.9 Å². The van der Waals surface area contributed by atoms with E-state index >= 15 is 0 Å². The number of esters is 4. The van der Waals surface area contributed by atoms with Crippen molar-refractivity contribution >= 4 is 23.9 Å². The lowest BCUT2D eigenvalue weighted by Crippen LogP contribution is -2.39. The Morgan fingerprint density at radius 1 is 0.800 bits per heavy atom. The molecule has 1 rings (SSSR count). The van der Waals surface area contributed by atoms with Crippen molar-refractivity contribution in [1.82, 2.24) is 0 Å². The Morgan fingerprint density at radius 3 is 1.85 bits per heavy atom. The van der Waals surface area contributed by atoms with Gasteiger partial charge in [0.1, 0.15) is 18.2 Å². The number of rotatable bonds is 16. The van der Waals surface area contributed by atoms with Crippen molar-refractivity contribution in [2.45, 2.75) is 126 Å². The minimum atomic E-state index is -1.03. The highest BCUT2D eigenvalue weighted by molar-refractivity contribution is 5.81. The van der Waals surface area contributed by atoms with Crippen LogP contribution in [0, 0.1) is 10.8 Å². The first-order valence-corrected chi connectivity index (χ1v) is 14.3. The average Bonchev–Trinajstić information content (AvgIpc) is 2.89. The first-order chi connectivity index (χ1) is 18.6. The molecule has 9 nitrogen and oxygen atoms in total. The highest BCUT2D eigenvalue weighted by atomic mass is 16.6. The lowest BCUT2D eigenvalue weighted by atomic mass is 9.90. The van der Waals surface area contributed by atoms with Crippen LogP contribution in [0.5, 0.6) is 11.5 Å². The van der Waals surface area contributed by atoms with Crippen molar-refractivity contribution in [2.24, 2.45) is 16.6 Å². The average molecular weight is 564 g/mol. The monoisotopic (exact) mass is 563 g/mol. The molecule has 0 heterocycles. The molecular weight excluding hydrogens is 514 g/mol. The summed E-state index contributed by atoms with van der Waals surface area (Å²) >= 11 is 0. The zero-order chi connectivity index (χ0) is 30.7. The summed E-state index contributed by atoms with van der Waals surface area (Å²) in [5.74, 6) is -1.74. The van der Waals surface area contributed by atoms with Gasteiger partial charge in [-0.3, -0.25) is 19.2 Å². The Bertz CT molecular complexity index is 1020. The van der Waals surface area contributed by atoms with Crippen molar-refractivity contribution in [1.29, 1.82) is 0 Å². The molecule has 0 fully saturated rings. The van der Waals surface area contributed by atoms with Gasteiger partial charge < -0.3 is 24.7 Å². The second-order valence-electron chi connectivity index (χ2n) is 11.6. The van der Waals surface area contributed by atoms with Crippen LogP contribution in [0.1, 0.15) is 106 Å². The van der Waals surface area contributed by atoms with Crippen LogP contribution in [0.3, 0.4) is 0 Å². The quantitative estimate of drug-likeness (QED) is 0.153. The van der Waals surface area contributed by atoms with E-state index in [0.717, 1.165) is 19.3 Å². The Hall–Kier alpha value is -2.94. The smallest absolute Gasteiger partial charge is 0.323 e. The summed E-state index contributed by atoms with van der Waals surface area (Å²) in [4.78, 5) is 50.3. The molecule has 0 aliphatic carbocycles. The van der Waals surface area contributed by atoms with Crippen LogP contribution in [0.2, 0.25) is 0 Å². The van der Waals surface area contributed by atoms with Crippen LogP contribution in [-0.2, 0) is 35.1 Å². The van der Waals surface area contributed by atoms with Crippen molar-refractivity contribution in [3.05, 3.63) is 23.8 Å². The lowest BCUT2D eigenvalue weighted by Gasteiger charge is -2.24. The van der Waals surface area contributed by atoms with E-state index in [1.54, 1.807) is 53.7 Å². The van der Waals surface area contributed by atoms with Crippen LogP contribution >= 0.6 is 0 Å². The molecule has 0 aliphatic heterocycles. The molecule has 0 aromatic heterocycles. The number of nitrogens with two attached hydrogens (primary N) is 1. The summed E-state index contributed by atoms with van der Waals surface area (Å²) in [6, 6.07) is 3.70. The predicted molar refractivity (Wildman–Crippen MR) is 153 cm³/mol. The maximum Gasteiger partial charge on any atom is 0.323 e. The van der Waals surface area contributed by atoms with Gasteiger partial charge >= 0.3 is 23.9 Å². The maximum atomic E-state index is 12.8. The van der Waals surface area contributed by atoms with Crippen LogP contribution < -0.4 is 15.2 Å². The second-order valence-corrected chi connectivity index (χ2v) is 11.6. The highest BCUT2D eigenvalue weighted by Crippen LogP contribution is 2.34. The Balaban J connectivity index is 3.00. The molecule has 0 bridgehead atoms. The van der Waals surface area contributed by atoms with Gasteiger partial charge in [0.15, 0.2) is 11.5 Å². The number of unbranched alkanes of at least 4 members (excludes halogenated alkanes) is 2. The van der Waals surface area contributed by atoms with Gasteiger partial charge in [0.2, 0.25) is 0 Å². The largest absolute Gasteiger partial charge is 0.459 e. The van der Waals surface area contributed by atoms with E-state index in [2.05, 4.69) is 6.92 Å². The standard InChI is InChI=1S/C31H49NO8/c1-10-13-14-15-26(33)37-20(4)21(5)38-27(34)23(32)18-22-16-17-24(39-28(35)30(6,7)11-2)25(19-22)40-29(36)31(8,9)12-3/h16-17,19-21,23H,10-15,18,32H2,1-9H3/t20?,21-,23-/m0/s1. The predicted octanol–water partition coefficient (Wildman–Crippen LogP) is 5.68. The molecule has 0 aliphatic rings. The fraction of sp³-hybridized carbons (Fsp3) is 0.677. The van der Waals surface area contributed by atoms with Crippen LogP contribution in [-0.4, -0.2) is 42.1 Å². The number of hydrogen-bond acceptors (Lipinski definition) is 9. The minimum absolute atomic E-state index is 0.0711. The van der Waals surface area contributed by atoms with Crippen molar-refractivity contribution in [3.8, 4) is 11.5 Å². The molecule has 0 radical (unpaired) electrons. The van der Waals surface area contributed by atoms with E-state index < -0.39 is 47.0 Å². The molecule has 3 atom stereocenters. The van der Waals surface area contributed by atoms with Gasteiger partial charge in [-0.1, -0.05) is 39.7 Å². The fourth-order valence-corrected chi connectivity index (χ4v) is 3.19. The molecule has 0 saturated heterocycles. The van der Waals surface area contributed by atoms with Gasteiger partial charge in [0, 0.05) is 6.42 Å². The lowest BCUT2D eigenvalue weighted by molar-refractivity contribution is -0.166. The number of carbonyl (C=O) groups is 4. The molecule has 226 valence electrons. The third kappa shape index (κ3) is 10.9. The van der Waals surface area contributed by atoms with Gasteiger partial charge in [0.05, 0.1) is 10.8 Å². The maximum absolute atomic E-state index is 12.8. The first-order valence-electron chi connectivity index (χ1n) is 14.3. The summed E-state index contributed by atoms with van der Waals surface area (Å²) in [7, 11) is 0. The molecule has 40 heavy (non-hydrogen) atoms. The molecular formula is C31H49NO8. The molecule has 1 aromatic carbocycles. The zero-order valence-corrected chi connectivity index (χ0v) is 25.8. The Morgan fingerprint density at radius 2 is 1.32 bits per heavy atom. The zero-order valence-electron chi connectivity index (χ0n) is 25.8. The number of hydrogen-bond donors (Lipinski definition) is 1. The Kier molecular flexibility index (Phi) is 13.8. The van der Waals surface area contributed by atoms with Crippen molar-refractivity contribution in [2.75, 3.05) is 0 Å². The molecule has 0 amide bonds. The summed E-state index contributed by atoms with van der Waals surface area (Å²) in [6.07, 6.45) is 2.89. The van der Waals surface area contributed by atoms with Gasteiger partial charge in [0.25, 0.3) is 0 Å². The van der Waals surface area contributed by atoms with Gasteiger partial charge in [-0.2, -0.15) is 0 Å². The molecule has 0 spiro atoms. The summed E-state index contributed by atoms with van der Waals surface area (Å²) in [5, 5.41) is 0. The van der Waals surface area contributed by atoms with E-state index in [0.29, 0.717) is 24.8 Å². The van der Waals surface area contributed by atoms with Gasteiger partial charge in [-0.15, -0.1) is 0 Å². The third-order valence-electron chi connectivity index (χ3n) is 7.31.